The predicted octanol–water partition coefficient (Wildman–Crippen LogP) is 2.48. The third-order valence-electron chi connectivity index (χ3n) is 2.86. The van der Waals surface area contributed by atoms with Crippen molar-refractivity contribution in [1.29, 1.82) is 0 Å². The van der Waals surface area contributed by atoms with Gasteiger partial charge in [-0.15, -0.1) is 0 Å². The first-order valence-corrected chi connectivity index (χ1v) is 7.93. The Morgan fingerprint density at radius 2 is 1.50 bits per heavy atom. The standard InChI is InChI=1S/C16H15NO2S/c1-17(20(2,18)19)16-11-7-6-10-15(16)13-12-14-8-4-3-5-9-14/h3-11H,1-2H3. The van der Waals surface area contributed by atoms with Crippen molar-refractivity contribution >= 4 is 15.7 Å². The highest BCUT2D eigenvalue weighted by Gasteiger charge is 2.14. The van der Waals surface area contributed by atoms with Gasteiger partial charge in [-0.25, -0.2) is 8.42 Å². The molecule has 0 radical (unpaired) electrons. The molecular formula is C16H15NO2S. The Morgan fingerprint density at radius 3 is 2.15 bits per heavy atom. The molecule has 2 aromatic rings. The van der Waals surface area contributed by atoms with Gasteiger partial charge in [0.15, 0.2) is 0 Å². The van der Waals surface area contributed by atoms with E-state index in [2.05, 4.69) is 11.8 Å². The van der Waals surface area contributed by atoms with E-state index in [0.29, 0.717) is 11.3 Å². The molecule has 0 aliphatic heterocycles. The van der Waals surface area contributed by atoms with E-state index in [9.17, 15) is 8.42 Å². The zero-order valence-electron chi connectivity index (χ0n) is 11.4. The van der Waals surface area contributed by atoms with Crippen LogP contribution < -0.4 is 4.31 Å². The second kappa shape index (κ2) is 5.81. The third-order valence-corrected chi connectivity index (χ3v) is 4.05. The molecule has 0 N–H and O–H groups in total. The summed E-state index contributed by atoms with van der Waals surface area (Å²) in [6.07, 6.45) is 1.18. The average Bonchev–Trinajstić information content (AvgIpc) is 2.45. The molecule has 0 fully saturated rings. The first kappa shape index (κ1) is 14.2. The van der Waals surface area contributed by atoms with Gasteiger partial charge in [-0.1, -0.05) is 42.2 Å². The molecule has 2 aromatic carbocycles. The lowest BCUT2D eigenvalue weighted by molar-refractivity contribution is 0.600. The fourth-order valence-corrected chi connectivity index (χ4v) is 2.21. The summed E-state index contributed by atoms with van der Waals surface area (Å²) >= 11 is 0. The summed E-state index contributed by atoms with van der Waals surface area (Å²) < 4.78 is 24.5. The fourth-order valence-electron chi connectivity index (χ4n) is 1.69. The van der Waals surface area contributed by atoms with Crippen molar-refractivity contribution in [2.45, 2.75) is 0 Å². The molecule has 0 heterocycles. The van der Waals surface area contributed by atoms with Crippen LogP contribution in [0.1, 0.15) is 11.1 Å². The fraction of sp³-hybridized carbons (Fsp3) is 0.125. The van der Waals surface area contributed by atoms with Gasteiger partial charge in [0.25, 0.3) is 0 Å². The van der Waals surface area contributed by atoms with Crippen molar-refractivity contribution in [2.24, 2.45) is 0 Å². The van der Waals surface area contributed by atoms with Gasteiger partial charge in [0.1, 0.15) is 0 Å². The van der Waals surface area contributed by atoms with Crippen molar-refractivity contribution in [2.75, 3.05) is 17.6 Å². The molecule has 0 unspecified atom stereocenters. The molecule has 102 valence electrons. The summed E-state index contributed by atoms with van der Waals surface area (Å²) in [5.74, 6) is 6.06. The van der Waals surface area contributed by atoms with Crippen LogP contribution in [0.2, 0.25) is 0 Å². The number of anilines is 1. The summed E-state index contributed by atoms with van der Waals surface area (Å²) in [4.78, 5) is 0. The van der Waals surface area contributed by atoms with Crippen LogP contribution in [0.4, 0.5) is 5.69 Å². The highest BCUT2D eigenvalue weighted by Crippen LogP contribution is 2.20. The smallest absolute Gasteiger partial charge is 0.232 e. The van der Waals surface area contributed by atoms with Gasteiger partial charge >= 0.3 is 0 Å². The second-order valence-corrected chi connectivity index (χ2v) is 6.38. The topological polar surface area (TPSA) is 37.4 Å². The molecule has 0 aliphatic carbocycles. The molecule has 0 amide bonds. The van der Waals surface area contributed by atoms with Crippen LogP contribution in [-0.4, -0.2) is 21.7 Å². The van der Waals surface area contributed by atoms with E-state index in [4.69, 9.17) is 0 Å². The maximum Gasteiger partial charge on any atom is 0.232 e. The molecule has 0 aliphatic rings. The van der Waals surface area contributed by atoms with E-state index in [1.807, 2.05) is 42.5 Å². The van der Waals surface area contributed by atoms with Gasteiger partial charge in [0.2, 0.25) is 10.0 Å². The molecule has 0 saturated heterocycles. The monoisotopic (exact) mass is 285 g/mol. The Morgan fingerprint density at radius 1 is 0.900 bits per heavy atom. The molecule has 2 rings (SSSR count). The van der Waals surface area contributed by atoms with Crippen LogP contribution in [0, 0.1) is 11.8 Å². The van der Waals surface area contributed by atoms with Crippen LogP contribution in [0.15, 0.2) is 54.6 Å². The average molecular weight is 285 g/mol. The zero-order valence-corrected chi connectivity index (χ0v) is 12.2. The van der Waals surface area contributed by atoms with Crippen LogP contribution in [0.25, 0.3) is 0 Å². The molecule has 3 nitrogen and oxygen atoms in total. The molecule has 20 heavy (non-hydrogen) atoms. The van der Waals surface area contributed by atoms with Crippen molar-refractivity contribution < 1.29 is 8.42 Å². The van der Waals surface area contributed by atoms with Gasteiger partial charge in [-0.3, -0.25) is 4.31 Å². The number of rotatable bonds is 2. The minimum Gasteiger partial charge on any atom is -0.272 e. The third kappa shape index (κ3) is 3.40. The highest BCUT2D eigenvalue weighted by molar-refractivity contribution is 7.92. The van der Waals surface area contributed by atoms with Crippen molar-refractivity contribution in [3.8, 4) is 11.8 Å². The SMILES string of the molecule is CN(c1ccccc1C#Cc1ccccc1)S(C)(=O)=O. The number of sulfonamides is 1. The van der Waals surface area contributed by atoms with E-state index < -0.39 is 10.0 Å². The van der Waals surface area contributed by atoms with E-state index in [-0.39, 0.29) is 0 Å². The van der Waals surface area contributed by atoms with Crippen LogP contribution in [-0.2, 0) is 10.0 Å². The van der Waals surface area contributed by atoms with Gasteiger partial charge in [-0.2, -0.15) is 0 Å². The van der Waals surface area contributed by atoms with Gasteiger partial charge in [0.05, 0.1) is 11.9 Å². The summed E-state index contributed by atoms with van der Waals surface area (Å²) in [5, 5.41) is 0. The molecule has 0 saturated carbocycles. The molecule has 0 bridgehead atoms. The molecular weight excluding hydrogens is 270 g/mol. The maximum absolute atomic E-state index is 11.6. The largest absolute Gasteiger partial charge is 0.272 e. The minimum absolute atomic E-state index is 0.582. The summed E-state index contributed by atoms with van der Waals surface area (Å²) in [7, 11) is -1.77. The first-order valence-electron chi connectivity index (χ1n) is 6.08. The van der Waals surface area contributed by atoms with E-state index >= 15 is 0 Å². The molecule has 0 spiro atoms. The zero-order chi connectivity index (χ0) is 14.6. The Kier molecular flexibility index (Phi) is 4.11. The van der Waals surface area contributed by atoms with Crippen molar-refractivity contribution in [3.63, 3.8) is 0 Å². The number of hydrogen-bond donors (Lipinski definition) is 0. The Labute approximate surface area is 119 Å². The Balaban J connectivity index is 2.42. The lowest BCUT2D eigenvalue weighted by Gasteiger charge is -2.17. The van der Waals surface area contributed by atoms with Gasteiger partial charge < -0.3 is 0 Å². The predicted molar refractivity (Wildman–Crippen MR) is 82.1 cm³/mol. The number of benzene rings is 2. The molecule has 4 heteroatoms. The number of hydrogen-bond acceptors (Lipinski definition) is 2. The van der Waals surface area contributed by atoms with Crippen LogP contribution in [0.3, 0.4) is 0 Å². The number of para-hydroxylation sites is 1. The van der Waals surface area contributed by atoms with Gasteiger partial charge in [-0.05, 0) is 24.3 Å². The lowest BCUT2D eigenvalue weighted by Crippen LogP contribution is -2.25. The van der Waals surface area contributed by atoms with E-state index in [1.54, 1.807) is 12.1 Å². The minimum atomic E-state index is -3.30. The Hall–Kier alpha value is -2.25. The summed E-state index contributed by atoms with van der Waals surface area (Å²) in [6, 6.07) is 16.8. The normalized spacial score (nSPS) is 10.5. The van der Waals surface area contributed by atoms with Gasteiger partial charge in [0, 0.05) is 18.2 Å². The maximum atomic E-state index is 11.6. The summed E-state index contributed by atoms with van der Waals surface area (Å²) in [6.45, 7) is 0. The van der Waals surface area contributed by atoms with Crippen LogP contribution >= 0.6 is 0 Å². The van der Waals surface area contributed by atoms with Crippen LogP contribution in [0.5, 0.6) is 0 Å². The quantitative estimate of drug-likeness (QED) is 0.795. The first-order chi connectivity index (χ1) is 9.48. The highest BCUT2D eigenvalue weighted by atomic mass is 32.2. The van der Waals surface area contributed by atoms with E-state index in [0.717, 1.165) is 5.56 Å². The Bertz CT molecular complexity index is 756. The summed E-state index contributed by atoms with van der Waals surface area (Å²) in [5.41, 5.74) is 2.16. The number of nitrogens with zero attached hydrogens (tertiary/aromatic N) is 1. The van der Waals surface area contributed by atoms with E-state index in [1.165, 1.54) is 17.6 Å². The van der Waals surface area contributed by atoms with Crippen molar-refractivity contribution in [1.82, 2.24) is 0 Å². The lowest BCUT2D eigenvalue weighted by atomic mass is 10.1. The molecule has 0 atom stereocenters. The second-order valence-electron chi connectivity index (χ2n) is 4.36. The van der Waals surface area contributed by atoms with Crippen molar-refractivity contribution in [3.05, 3.63) is 65.7 Å². The molecule has 0 aromatic heterocycles.